The van der Waals surface area contributed by atoms with Gasteiger partial charge in [0.1, 0.15) is 0 Å². The van der Waals surface area contributed by atoms with Gasteiger partial charge in [-0.2, -0.15) is 0 Å². The fraction of sp³-hybridized carbons (Fsp3) is 0.467. The van der Waals surface area contributed by atoms with E-state index in [2.05, 4.69) is 16.2 Å². The second kappa shape index (κ2) is 8.59. The van der Waals surface area contributed by atoms with Crippen LogP contribution in [0.1, 0.15) is 23.6 Å². The van der Waals surface area contributed by atoms with Crippen LogP contribution < -0.4 is 16.2 Å². The van der Waals surface area contributed by atoms with Crippen LogP contribution in [0.5, 0.6) is 0 Å². The maximum atomic E-state index is 11.8. The second-order valence-corrected chi connectivity index (χ2v) is 5.51. The minimum Gasteiger partial charge on any atom is -0.383 e. The molecule has 0 radical (unpaired) electrons. The van der Waals surface area contributed by atoms with Gasteiger partial charge in [-0.05, 0) is 49.7 Å². The number of nitrogens with one attached hydrogen (secondary N) is 3. The van der Waals surface area contributed by atoms with Crippen LogP contribution in [0.3, 0.4) is 0 Å². The molecule has 1 aromatic rings. The summed E-state index contributed by atoms with van der Waals surface area (Å²) < 4.78 is 4.99. The van der Waals surface area contributed by atoms with Gasteiger partial charge in [-0.25, -0.2) is 0 Å². The molecule has 3 N–H and O–H groups in total. The third-order valence-electron chi connectivity index (χ3n) is 3.05. The van der Waals surface area contributed by atoms with Crippen molar-refractivity contribution in [1.29, 1.82) is 0 Å². The normalized spacial score (nSPS) is 11.6. The third-order valence-corrected chi connectivity index (χ3v) is 3.27. The molecule has 1 atom stereocenters. The minimum absolute atomic E-state index is 0.0756. The summed E-state index contributed by atoms with van der Waals surface area (Å²) >= 11 is 5.07. The summed E-state index contributed by atoms with van der Waals surface area (Å²) in [6, 6.07) is 6.07. The molecule has 0 aliphatic heterocycles. The Kier molecular flexibility index (Phi) is 7.11. The number of thiocarbonyl (C=S) groups is 1. The Morgan fingerprint density at radius 1 is 1.29 bits per heavy atom. The first-order valence-electron chi connectivity index (χ1n) is 6.82. The quantitative estimate of drug-likeness (QED) is 0.566. The molecule has 5 nitrogen and oxygen atoms in total. The van der Waals surface area contributed by atoms with E-state index in [-0.39, 0.29) is 11.9 Å². The van der Waals surface area contributed by atoms with Gasteiger partial charge in [0.05, 0.1) is 13.0 Å². The molecule has 0 bridgehead atoms. The molecule has 1 rings (SSSR count). The van der Waals surface area contributed by atoms with Gasteiger partial charge in [-0.3, -0.25) is 15.6 Å². The highest BCUT2D eigenvalue weighted by molar-refractivity contribution is 7.80. The van der Waals surface area contributed by atoms with Crippen LogP contribution >= 0.6 is 12.2 Å². The van der Waals surface area contributed by atoms with Crippen LogP contribution in [0.4, 0.5) is 0 Å². The van der Waals surface area contributed by atoms with Gasteiger partial charge in [0.2, 0.25) is 5.91 Å². The lowest BCUT2D eigenvalue weighted by atomic mass is 10.0. The number of ether oxygens (including phenoxy) is 1. The number of aryl methyl sites for hydroxylation is 2. The third kappa shape index (κ3) is 6.55. The van der Waals surface area contributed by atoms with Crippen molar-refractivity contribution < 1.29 is 9.53 Å². The van der Waals surface area contributed by atoms with E-state index in [0.717, 1.165) is 5.56 Å². The first-order chi connectivity index (χ1) is 9.92. The first-order valence-corrected chi connectivity index (χ1v) is 7.23. The highest BCUT2D eigenvalue weighted by atomic mass is 32.1. The van der Waals surface area contributed by atoms with Gasteiger partial charge >= 0.3 is 0 Å². The number of benzene rings is 1. The molecule has 6 heteroatoms. The van der Waals surface area contributed by atoms with Gasteiger partial charge < -0.3 is 10.1 Å². The fourth-order valence-electron chi connectivity index (χ4n) is 1.82. The highest BCUT2D eigenvalue weighted by Gasteiger charge is 2.06. The van der Waals surface area contributed by atoms with E-state index in [1.807, 2.05) is 39.0 Å². The summed E-state index contributed by atoms with van der Waals surface area (Å²) in [5.74, 6) is -0.137. The topological polar surface area (TPSA) is 62.4 Å². The molecular weight excluding hydrogens is 286 g/mol. The first kappa shape index (κ1) is 17.4. The Labute approximate surface area is 131 Å². The SMILES string of the molecule is COC[C@H](C)NC(=S)NNC(=O)Cc1ccc(C)c(C)c1. The number of hydrogen-bond donors (Lipinski definition) is 3. The lowest BCUT2D eigenvalue weighted by Gasteiger charge is -2.16. The largest absolute Gasteiger partial charge is 0.383 e. The summed E-state index contributed by atoms with van der Waals surface area (Å²) in [6.07, 6.45) is 0.310. The van der Waals surface area contributed by atoms with Crippen molar-refractivity contribution in [3.8, 4) is 0 Å². The molecule has 21 heavy (non-hydrogen) atoms. The Balaban J connectivity index is 2.36. The van der Waals surface area contributed by atoms with Crippen LogP contribution in [-0.2, 0) is 16.0 Å². The number of hydrazine groups is 1. The Morgan fingerprint density at radius 2 is 2.00 bits per heavy atom. The molecule has 0 spiro atoms. The van der Waals surface area contributed by atoms with Crippen LogP contribution in [0.15, 0.2) is 18.2 Å². The maximum absolute atomic E-state index is 11.8. The van der Waals surface area contributed by atoms with Crippen molar-refractivity contribution in [2.75, 3.05) is 13.7 Å². The van der Waals surface area contributed by atoms with Crippen molar-refractivity contribution in [2.24, 2.45) is 0 Å². The standard InChI is InChI=1S/C15H23N3O2S/c1-10-5-6-13(7-11(10)2)8-14(19)17-18-15(21)16-12(3)9-20-4/h5-7,12H,8-9H2,1-4H3,(H,17,19)(H2,16,18,21)/t12-/m0/s1. The molecule has 0 heterocycles. The average Bonchev–Trinajstić information content (AvgIpc) is 2.41. The molecule has 0 saturated carbocycles. The van der Waals surface area contributed by atoms with Gasteiger partial charge in [-0.1, -0.05) is 18.2 Å². The van der Waals surface area contributed by atoms with Crippen molar-refractivity contribution in [1.82, 2.24) is 16.2 Å². The van der Waals surface area contributed by atoms with Crippen molar-refractivity contribution in [3.63, 3.8) is 0 Å². The number of carbonyl (C=O) groups excluding carboxylic acids is 1. The molecule has 0 unspecified atom stereocenters. The van der Waals surface area contributed by atoms with Crippen LogP contribution in [0.25, 0.3) is 0 Å². The van der Waals surface area contributed by atoms with Gasteiger partial charge in [0, 0.05) is 13.2 Å². The zero-order valence-corrected chi connectivity index (χ0v) is 13.8. The van der Waals surface area contributed by atoms with E-state index in [0.29, 0.717) is 18.1 Å². The number of hydrogen-bond acceptors (Lipinski definition) is 3. The molecule has 0 saturated heterocycles. The average molecular weight is 309 g/mol. The zero-order chi connectivity index (χ0) is 15.8. The lowest BCUT2D eigenvalue weighted by molar-refractivity contribution is -0.121. The number of methoxy groups -OCH3 is 1. The molecule has 0 fully saturated rings. The Morgan fingerprint density at radius 3 is 2.62 bits per heavy atom. The summed E-state index contributed by atoms with van der Waals surface area (Å²) in [6.45, 7) is 6.56. The second-order valence-electron chi connectivity index (χ2n) is 5.10. The molecule has 0 aliphatic carbocycles. The van der Waals surface area contributed by atoms with E-state index in [4.69, 9.17) is 17.0 Å². The Bertz CT molecular complexity index is 506. The molecule has 1 amide bonds. The predicted molar refractivity (Wildman–Crippen MR) is 88.0 cm³/mol. The number of rotatable bonds is 5. The van der Waals surface area contributed by atoms with Crippen LogP contribution in [0, 0.1) is 13.8 Å². The van der Waals surface area contributed by atoms with Gasteiger partial charge in [-0.15, -0.1) is 0 Å². The van der Waals surface area contributed by atoms with Crippen LogP contribution in [-0.4, -0.2) is 30.8 Å². The number of amides is 1. The maximum Gasteiger partial charge on any atom is 0.242 e. The molecule has 116 valence electrons. The summed E-state index contributed by atoms with van der Waals surface area (Å²) in [5, 5.41) is 3.37. The van der Waals surface area contributed by atoms with Crippen LogP contribution in [0.2, 0.25) is 0 Å². The molecule has 0 aliphatic rings. The van der Waals surface area contributed by atoms with Crippen molar-refractivity contribution in [2.45, 2.75) is 33.2 Å². The minimum atomic E-state index is -0.137. The predicted octanol–water partition coefficient (Wildman–Crippen LogP) is 1.38. The molecule has 1 aromatic carbocycles. The van der Waals surface area contributed by atoms with Gasteiger partial charge in [0.15, 0.2) is 5.11 Å². The molecule has 0 aromatic heterocycles. The zero-order valence-electron chi connectivity index (χ0n) is 12.9. The van der Waals surface area contributed by atoms with Gasteiger partial charge in [0.25, 0.3) is 0 Å². The highest BCUT2D eigenvalue weighted by Crippen LogP contribution is 2.10. The van der Waals surface area contributed by atoms with E-state index in [9.17, 15) is 4.79 Å². The lowest BCUT2D eigenvalue weighted by Crippen LogP contribution is -2.50. The fourth-order valence-corrected chi connectivity index (χ4v) is 2.07. The van der Waals surface area contributed by atoms with Crippen molar-refractivity contribution >= 4 is 23.2 Å². The van der Waals surface area contributed by atoms with Crippen molar-refractivity contribution in [3.05, 3.63) is 34.9 Å². The Hall–Kier alpha value is -1.66. The summed E-state index contributed by atoms with van der Waals surface area (Å²) in [5.41, 5.74) is 8.64. The monoisotopic (exact) mass is 309 g/mol. The molecular formula is C15H23N3O2S. The van der Waals surface area contributed by atoms with E-state index in [1.165, 1.54) is 11.1 Å². The summed E-state index contributed by atoms with van der Waals surface area (Å²) in [7, 11) is 1.62. The van der Waals surface area contributed by atoms with E-state index in [1.54, 1.807) is 7.11 Å². The van der Waals surface area contributed by atoms with E-state index >= 15 is 0 Å². The number of carbonyl (C=O) groups is 1. The van der Waals surface area contributed by atoms with E-state index < -0.39 is 0 Å². The smallest absolute Gasteiger partial charge is 0.242 e. The summed E-state index contributed by atoms with van der Waals surface area (Å²) in [4.78, 5) is 11.8.